The van der Waals surface area contributed by atoms with Crippen molar-refractivity contribution >= 4 is 23.7 Å². The molecule has 22 heavy (non-hydrogen) atoms. The minimum Gasteiger partial charge on any atom is -0.255 e. The lowest BCUT2D eigenvalue weighted by atomic mass is 10.2. The lowest BCUT2D eigenvalue weighted by Crippen LogP contribution is -2.30. The fourth-order valence-electron chi connectivity index (χ4n) is 2.56. The molecule has 2 unspecified atom stereocenters. The number of nitrogens with one attached hydrogen (secondary N) is 2. The van der Waals surface area contributed by atoms with E-state index in [-0.39, 0.29) is 0 Å². The van der Waals surface area contributed by atoms with Crippen molar-refractivity contribution in [2.75, 3.05) is 0 Å². The second-order valence-corrected chi connectivity index (χ2v) is 6.80. The highest BCUT2D eigenvalue weighted by atomic mass is 32.2. The van der Waals surface area contributed by atoms with Crippen LogP contribution in [0.25, 0.3) is 0 Å². The van der Waals surface area contributed by atoms with Crippen LogP contribution < -0.4 is 10.9 Å². The number of rotatable bonds is 4. The van der Waals surface area contributed by atoms with Gasteiger partial charge in [-0.05, 0) is 31.5 Å². The van der Waals surface area contributed by atoms with Gasteiger partial charge in [-0.3, -0.25) is 15.8 Å². The summed E-state index contributed by atoms with van der Waals surface area (Å²) in [6, 6.07) is 19.4. The highest BCUT2D eigenvalue weighted by Gasteiger charge is 2.30. The van der Waals surface area contributed by atoms with E-state index in [1.165, 1.54) is 4.90 Å². The van der Waals surface area contributed by atoms with E-state index in [2.05, 4.69) is 60.0 Å². The van der Waals surface area contributed by atoms with Gasteiger partial charge in [-0.25, -0.2) is 0 Å². The van der Waals surface area contributed by atoms with Gasteiger partial charge >= 0.3 is 0 Å². The number of para-hydroxylation sites is 1. The van der Waals surface area contributed by atoms with Crippen LogP contribution in [0.3, 0.4) is 0 Å². The van der Waals surface area contributed by atoms with Gasteiger partial charge in [0.15, 0.2) is 0 Å². The van der Waals surface area contributed by atoms with Crippen LogP contribution in [0.2, 0.25) is 0 Å². The topological polar surface area (TPSA) is 36.4 Å². The Balaban J connectivity index is 1.79. The Kier molecular flexibility index (Phi) is 4.93. The molecule has 0 bridgehead atoms. The molecule has 1 heterocycles. The first-order chi connectivity index (χ1) is 10.7. The molecule has 0 radical (unpaired) electrons. The Bertz CT molecular complexity index is 632. The van der Waals surface area contributed by atoms with Gasteiger partial charge in [-0.15, -0.1) is 11.8 Å². The standard InChI is InChI=1S/C18H21N3S/c1-13-18(14(2)21-20-13)22-17-11-7-6-10-16(17)19-12-15-8-4-3-5-9-15/h3-14,18,20-21H,1-2H3. The smallest absolute Gasteiger partial charge is 0.0765 e. The van der Waals surface area contributed by atoms with Gasteiger partial charge in [0.05, 0.1) is 5.69 Å². The lowest BCUT2D eigenvalue weighted by molar-refractivity contribution is 0.567. The van der Waals surface area contributed by atoms with Crippen molar-refractivity contribution in [3.8, 4) is 0 Å². The Morgan fingerprint density at radius 3 is 2.27 bits per heavy atom. The van der Waals surface area contributed by atoms with Crippen LogP contribution in [0.1, 0.15) is 19.4 Å². The molecular formula is C18H21N3S. The SMILES string of the molecule is CC1NNC(C)C1Sc1ccccc1N=Cc1ccccc1. The van der Waals surface area contributed by atoms with Gasteiger partial charge in [0.25, 0.3) is 0 Å². The molecular weight excluding hydrogens is 290 g/mol. The highest BCUT2D eigenvalue weighted by molar-refractivity contribution is 8.00. The summed E-state index contributed by atoms with van der Waals surface area (Å²) in [5.41, 5.74) is 8.76. The number of hydrogen-bond acceptors (Lipinski definition) is 4. The van der Waals surface area contributed by atoms with Crippen molar-refractivity contribution < 1.29 is 0 Å². The summed E-state index contributed by atoms with van der Waals surface area (Å²) in [6.45, 7) is 4.42. The zero-order chi connectivity index (χ0) is 15.4. The number of benzene rings is 2. The van der Waals surface area contributed by atoms with E-state index in [0.717, 1.165) is 11.3 Å². The van der Waals surface area contributed by atoms with Crippen LogP contribution in [-0.4, -0.2) is 23.5 Å². The van der Waals surface area contributed by atoms with E-state index in [1.54, 1.807) is 0 Å². The Morgan fingerprint density at radius 1 is 0.909 bits per heavy atom. The van der Waals surface area contributed by atoms with Crippen molar-refractivity contribution in [2.45, 2.75) is 36.1 Å². The molecule has 4 heteroatoms. The largest absolute Gasteiger partial charge is 0.255 e. The first-order valence-electron chi connectivity index (χ1n) is 7.60. The second-order valence-electron chi connectivity index (χ2n) is 5.59. The van der Waals surface area contributed by atoms with E-state index in [0.29, 0.717) is 17.3 Å². The van der Waals surface area contributed by atoms with Crippen LogP contribution >= 0.6 is 11.8 Å². The number of nitrogens with zero attached hydrogens (tertiary/aromatic N) is 1. The minimum atomic E-state index is 0.436. The van der Waals surface area contributed by atoms with E-state index >= 15 is 0 Å². The van der Waals surface area contributed by atoms with Gasteiger partial charge in [-0.1, -0.05) is 42.5 Å². The maximum absolute atomic E-state index is 4.68. The van der Waals surface area contributed by atoms with Gasteiger partial charge < -0.3 is 0 Å². The van der Waals surface area contributed by atoms with Crippen LogP contribution in [0.5, 0.6) is 0 Å². The Morgan fingerprint density at radius 2 is 1.55 bits per heavy atom. The van der Waals surface area contributed by atoms with Crippen molar-refractivity contribution in [3.63, 3.8) is 0 Å². The maximum atomic E-state index is 4.68. The molecule has 1 saturated heterocycles. The van der Waals surface area contributed by atoms with E-state index in [9.17, 15) is 0 Å². The monoisotopic (exact) mass is 311 g/mol. The predicted molar refractivity (Wildman–Crippen MR) is 95.0 cm³/mol. The summed E-state index contributed by atoms with van der Waals surface area (Å²) in [4.78, 5) is 5.91. The third-order valence-corrected chi connectivity index (χ3v) is 5.49. The molecule has 0 aliphatic carbocycles. The minimum absolute atomic E-state index is 0.436. The highest BCUT2D eigenvalue weighted by Crippen LogP contribution is 2.35. The van der Waals surface area contributed by atoms with Crippen LogP contribution in [0.4, 0.5) is 5.69 Å². The molecule has 3 nitrogen and oxygen atoms in total. The number of thioether (sulfide) groups is 1. The molecule has 0 spiro atoms. The number of hydrogen-bond donors (Lipinski definition) is 2. The van der Waals surface area contributed by atoms with Crippen molar-refractivity contribution in [3.05, 3.63) is 60.2 Å². The Labute approximate surface area is 136 Å². The molecule has 1 aliphatic heterocycles. The third-order valence-electron chi connectivity index (χ3n) is 3.80. The van der Waals surface area contributed by atoms with Crippen LogP contribution in [0, 0.1) is 0 Å². The first kappa shape index (κ1) is 15.3. The summed E-state index contributed by atoms with van der Waals surface area (Å²) in [7, 11) is 0. The summed E-state index contributed by atoms with van der Waals surface area (Å²) in [6.07, 6.45) is 1.93. The Hall–Kier alpha value is -1.62. The summed E-state index contributed by atoms with van der Waals surface area (Å²) in [5, 5.41) is 0.494. The van der Waals surface area contributed by atoms with Crippen molar-refractivity contribution in [2.24, 2.45) is 4.99 Å². The fourth-order valence-corrected chi connectivity index (χ4v) is 3.79. The molecule has 2 aromatic rings. The second kappa shape index (κ2) is 7.09. The molecule has 2 atom stereocenters. The van der Waals surface area contributed by atoms with Crippen LogP contribution in [-0.2, 0) is 0 Å². The predicted octanol–water partition coefficient (Wildman–Crippen LogP) is 3.78. The number of hydrazine groups is 1. The zero-order valence-corrected chi connectivity index (χ0v) is 13.7. The fraction of sp³-hybridized carbons (Fsp3) is 0.278. The van der Waals surface area contributed by atoms with E-state index < -0.39 is 0 Å². The van der Waals surface area contributed by atoms with E-state index in [4.69, 9.17) is 0 Å². The molecule has 3 rings (SSSR count). The average Bonchev–Trinajstić information content (AvgIpc) is 2.87. The summed E-state index contributed by atoms with van der Waals surface area (Å²) >= 11 is 1.89. The van der Waals surface area contributed by atoms with Gasteiger partial charge in [0, 0.05) is 28.4 Å². The summed E-state index contributed by atoms with van der Waals surface area (Å²) in [5.74, 6) is 0. The zero-order valence-electron chi connectivity index (χ0n) is 12.9. The lowest BCUT2D eigenvalue weighted by Gasteiger charge is -2.18. The molecule has 1 aliphatic rings. The van der Waals surface area contributed by atoms with Crippen molar-refractivity contribution in [1.82, 2.24) is 10.9 Å². The maximum Gasteiger partial charge on any atom is 0.0765 e. The first-order valence-corrected chi connectivity index (χ1v) is 8.48. The summed E-state index contributed by atoms with van der Waals surface area (Å²) < 4.78 is 0. The van der Waals surface area contributed by atoms with Crippen molar-refractivity contribution in [1.29, 1.82) is 0 Å². The average molecular weight is 311 g/mol. The molecule has 0 aromatic heterocycles. The third kappa shape index (κ3) is 3.58. The van der Waals surface area contributed by atoms with Crippen LogP contribution in [0.15, 0.2) is 64.5 Å². The quantitative estimate of drug-likeness (QED) is 0.844. The van der Waals surface area contributed by atoms with Gasteiger partial charge in [0.1, 0.15) is 0 Å². The molecule has 1 fully saturated rings. The molecule has 2 aromatic carbocycles. The molecule has 2 N–H and O–H groups in total. The van der Waals surface area contributed by atoms with Gasteiger partial charge in [0.2, 0.25) is 0 Å². The number of aliphatic imine (C=N–C) groups is 1. The normalized spacial score (nSPS) is 24.9. The molecule has 0 saturated carbocycles. The molecule has 114 valence electrons. The van der Waals surface area contributed by atoms with E-state index in [1.807, 2.05) is 42.2 Å². The molecule has 0 amide bonds. The van der Waals surface area contributed by atoms with Gasteiger partial charge in [-0.2, -0.15) is 0 Å².